The Morgan fingerprint density at radius 1 is 1.10 bits per heavy atom. The lowest BCUT2D eigenvalue weighted by atomic mass is 10.1. The number of amides is 2. The van der Waals surface area contributed by atoms with Gasteiger partial charge in [-0.25, -0.2) is 0 Å². The van der Waals surface area contributed by atoms with Crippen molar-refractivity contribution in [2.45, 2.75) is 39.8 Å². The monoisotopic (exact) mass is 479 g/mol. The lowest BCUT2D eigenvalue weighted by molar-refractivity contribution is -0.123. The van der Waals surface area contributed by atoms with Gasteiger partial charge < -0.3 is 9.47 Å². The van der Waals surface area contributed by atoms with E-state index in [1.54, 1.807) is 30.3 Å². The Labute approximate surface area is 196 Å². The third kappa shape index (κ3) is 5.56. The molecular formula is C23H23Cl2NO4S. The molecule has 164 valence electrons. The van der Waals surface area contributed by atoms with Crippen LogP contribution >= 0.6 is 35.0 Å². The van der Waals surface area contributed by atoms with Crippen LogP contribution in [0.2, 0.25) is 10.0 Å². The summed E-state index contributed by atoms with van der Waals surface area (Å²) in [5.41, 5.74) is 1.28. The van der Waals surface area contributed by atoms with Crippen molar-refractivity contribution >= 4 is 52.2 Å². The fourth-order valence-corrected chi connectivity index (χ4v) is 4.26. The van der Waals surface area contributed by atoms with Crippen molar-refractivity contribution in [2.24, 2.45) is 0 Å². The highest BCUT2D eigenvalue weighted by Gasteiger charge is 2.35. The van der Waals surface area contributed by atoms with Crippen molar-refractivity contribution in [3.8, 4) is 11.5 Å². The van der Waals surface area contributed by atoms with Gasteiger partial charge in [0.25, 0.3) is 11.1 Å². The summed E-state index contributed by atoms with van der Waals surface area (Å²) in [6, 6.07) is 10.5. The highest BCUT2D eigenvalue weighted by atomic mass is 35.5. The molecule has 31 heavy (non-hydrogen) atoms. The number of carbonyl (C=O) groups is 2. The number of rotatable bonds is 8. The van der Waals surface area contributed by atoms with E-state index in [0.717, 1.165) is 28.6 Å². The molecule has 1 heterocycles. The predicted octanol–water partition coefficient (Wildman–Crippen LogP) is 6.81. The first kappa shape index (κ1) is 23.5. The number of nitrogens with zero attached hydrogens (tertiary/aromatic N) is 1. The van der Waals surface area contributed by atoms with E-state index in [9.17, 15) is 9.59 Å². The standard InChI is InChI=1S/C23H23Cl2NO4S/c1-4-14(3)30-19-10-9-15(11-20(19)29-5-2)12-21-22(27)26(23(28)31-21)13-16-17(24)7-6-8-18(16)25/h6-12,14H,4-5,13H2,1-3H3/b21-12-/t14-/m0/s1. The van der Waals surface area contributed by atoms with E-state index >= 15 is 0 Å². The van der Waals surface area contributed by atoms with Crippen molar-refractivity contribution < 1.29 is 19.1 Å². The Kier molecular flexibility index (Phi) is 7.92. The predicted molar refractivity (Wildman–Crippen MR) is 126 cm³/mol. The van der Waals surface area contributed by atoms with E-state index in [1.165, 1.54) is 0 Å². The molecule has 0 spiro atoms. The van der Waals surface area contributed by atoms with Crippen LogP contribution in [0.4, 0.5) is 4.79 Å². The third-order valence-electron chi connectivity index (χ3n) is 4.72. The zero-order valence-electron chi connectivity index (χ0n) is 17.5. The van der Waals surface area contributed by atoms with Gasteiger partial charge >= 0.3 is 0 Å². The van der Waals surface area contributed by atoms with Crippen LogP contribution in [-0.4, -0.2) is 28.8 Å². The molecule has 2 aromatic rings. The lowest BCUT2D eigenvalue weighted by Gasteiger charge is -2.16. The number of carbonyl (C=O) groups excluding carboxylic acids is 2. The Bertz CT molecular complexity index is 1000. The van der Waals surface area contributed by atoms with Crippen LogP contribution in [0.1, 0.15) is 38.3 Å². The summed E-state index contributed by atoms with van der Waals surface area (Å²) < 4.78 is 11.6. The molecule has 3 rings (SSSR count). The van der Waals surface area contributed by atoms with Gasteiger partial charge in [-0.3, -0.25) is 14.5 Å². The summed E-state index contributed by atoms with van der Waals surface area (Å²) >= 11 is 13.3. The van der Waals surface area contributed by atoms with Crippen LogP contribution in [-0.2, 0) is 11.3 Å². The van der Waals surface area contributed by atoms with E-state index < -0.39 is 0 Å². The second-order valence-corrected chi connectivity index (χ2v) is 8.75. The summed E-state index contributed by atoms with van der Waals surface area (Å²) in [5, 5.41) is 0.455. The van der Waals surface area contributed by atoms with Gasteiger partial charge in [-0.15, -0.1) is 0 Å². The smallest absolute Gasteiger partial charge is 0.293 e. The number of benzene rings is 2. The minimum Gasteiger partial charge on any atom is -0.490 e. The molecule has 1 atom stereocenters. The van der Waals surface area contributed by atoms with E-state index in [-0.39, 0.29) is 23.8 Å². The molecule has 8 heteroatoms. The Hall–Kier alpha value is -2.15. The number of ether oxygens (including phenoxy) is 2. The molecule has 0 aromatic heterocycles. The molecule has 5 nitrogen and oxygen atoms in total. The van der Waals surface area contributed by atoms with Crippen molar-refractivity contribution in [1.82, 2.24) is 4.90 Å². The van der Waals surface area contributed by atoms with Crippen LogP contribution in [0.3, 0.4) is 0 Å². The van der Waals surface area contributed by atoms with Crippen molar-refractivity contribution in [3.05, 3.63) is 62.5 Å². The topological polar surface area (TPSA) is 55.8 Å². The molecule has 1 saturated heterocycles. The second kappa shape index (κ2) is 10.4. The number of hydrogen-bond acceptors (Lipinski definition) is 5. The van der Waals surface area contributed by atoms with E-state index in [2.05, 4.69) is 0 Å². The normalized spacial score (nSPS) is 16.2. The number of halogens is 2. The largest absolute Gasteiger partial charge is 0.490 e. The van der Waals surface area contributed by atoms with Gasteiger partial charge in [0.05, 0.1) is 24.2 Å². The fraction of sp³-hybridized carbons (Fsp3) is 0.304. The zero-order valence-corrected chi connectivity index (χ0v) is 19.8. The lowest BCUT2D eigenvalue weighted by Crippen LogP contribution is -2.27. The van der Waals surface area contributed by atoms with E-state index in [1.807, 2.05) is 32.9 Å². The maximum atomic E-state index is 12.9. The van der Waals surface area contributed by atoms with Gasteiger partial charge in [-0.05, 0) is 67.9 Å². The van der Waals surface area contributed by atoms with Gasteiger partial charge in [0, 0.05) is 15.6 Å². The molecule has 1 fully saturated rings. The maximum absolute atomic E-state index is 12.9. The average Bonchev–Trinajstić information content (AvgIpc) is 2.99. The van der Waals surface area contributed by atoms with Crippen LogP contribution in [0, 0.1) is 0 Å². The van der Waals surface area contributed by atoms with Gasteiger partial charge in [-0.1, -0.05) is 42.3 Å². The second-order valence-electron chi connectivity index (χ2n) is 6.94. The highest BCUT2D eigenvalue weighted by molar-refractivity contribution is 8.18. The van der Waals surface area contributed by atoms with Crippen LogP contribution in [0.5, 0.6) is 11.5 Å². The summed E-state index contributed by atoms with van der Waals surface area (Å²) in [4.78, 5) is 26.8. The Morgan fingerprint density at radius 3 is 2.45 bits per heavy atom. The summed E-state index contributed by atoms with van der Waals surface area (Å²) in [6.45, 7) is 6.43. The highest BCUT2D eigenvalue weighted by Crippen LogP contribution is 2.37. The summed E-state index contributed by atoms with van der Waals surface area (Å²) in [6.07, 6.45) is 2.60. The number of imide groups is 1. The molecule has 0 bridgehead atoms. The van der Waals surface area contributed by atoms with Gasteiger partial charge in [-0.2, -0.15) is 0 Å². The van der Waals surface area contributed by atoms with E-state index in [4.69, 9.17) is 32.7 Å². The third-order valence-corrected chi connectivity index (χ3v) is 6.34. The number of hydrogen-bond donors (Lipinski definition) is 0. The van der Waals surface area contributed by atoms with Crippen molar-refractivity contribution in [3.63, 3.8) is 0 Å². The molecule has 1 aliphatic heterocycles. The average molecular weight is 480 g/mol. The van der Waals surface area contributed by atoms with Crippen LogP contribution in [0.25, 0.3) is 6.08 Å². The summed E-state index contributed by atoms with van der Waals surface area (Å²) in [5.74, 6) is 0.859. The Morgan fingerprint density at radius 2 is 1.81 bits per heavy atom. The van der Waals surface area contributed by atoms with Crippen LogP contribution < -0.4 is 9.47 Å². The van der Waals surface area contributed by atoms with E-state index in [0.29, 0.717) is 38.6 Å². The van der Waals surface area contributed by atoms with Gasteiger partial charge in [0.2, 0.25) is 0 Å². The quantitative estimate of drug-likeness (QED) is 0.389. The number of thioether (sulfide) groups is 1. The molecule has 0 aliphatic carbocycles. The van der Waals surface area contributed by atoms with Gasteiger partial charge in [0.15, 0.2) is 11.5 Å². The zero-order chi connectivity index (χ0) is 22.5. The first-order chi connectivity index (χ1) is 14.8. The SMILES string of the molecule is CCOc1cc(/C=C2\SC(=O)N(Cc3c(Cl)cccc3Cl)C2=O)ccc1O[C@@H](C)CC. The Balaban J connectivity index is 1.84. The minimum absolute atomic E-state index is 0.0202. The van der Waals surface area contributed by atoms with Gasteiger partial charge in [0.1, 0.15) is 0 Å². The molecule has 1 aliphatic rings. The fourth-order valence-electron chi connectivity index (χ4n) is 2.91. The minimum atomic E-state index is -0.385. The molecule has 0 radical (unpaired) electrons. The molecule has 0 saturated carbocycles. The molecule has 2 amide bonds. The first-order valence-electron chi connectivity index (χ1n) is 9.95. The van der Waals surface area contributed by atoms with Crippen molar-refractivity contribution in [2.75, 3.05) is 6.61 Å². The molecular weight excluding hydrogens is 457 g/mol. The molecule has 0 unspecified atom stereocenters. The molecule has 2 aromatic carbocycles. The first-order valence-corrected chi connectivity index (χ1v) is 11.5. The maximum Gasteiger partial charge on any atom is 0.293 e. The van der Waals surface area contributed by atoms with Crippen LogP contribution in [0.15, 0.2) is 41.3 Å². The summed E-state index contributed by atoms with van der Waals surface area (Å²) in [7, 11) is 0. The molecule has 0 N–H and O–H groups in total. The van der Waals surface area contributed by atoms with Crippen molar-refractivity contribution in [1.29, 1.82) is 0 Å².